The Labute approximate surface area is 110 Å². The van der Waals surface area contributed by atoms with Gasteiger partial charge in [-0.3, -0.25) is 10.1 Å². The van der Waals surface area contributed by atoms with Crippen molar-refractivity contribution in [2.24, 2.45) is 0 Å². The van der Waals surface area contributed by atoms with E-state index in [4.69, 9.17) is 0 Å². The molecule has 2 aromatic rings. The fourth-order valence-corrected chi connectivity index (χ4v) is 2.19. The van der Waals surface area contributed by atoms with Crippen LogP contribution in [0.1, 0.15) is 16.7 Å². The van der Waals surface area contributed by atoms with Gasteiger partial charge in [-0.05, 0) is 34.4 Å². The van der Waals surface area contributed by atoms with Crippen molar-refractivity contribution in [3.05, 3.63) is 81.4 Å². The van der Waals surface area contributed by atoms with E-state index in [1.165, 1.54) is 0 Å². The Bertz CT molecular complexity index is 700. The van der Waals surface area contributed by atoms with Crippen molar-refractivity contribution in [3.8, 4) is 0 Å². The van der Waals surface area contributed by atoms with E-state index in [0.29, 0.717) is 0 Å². The van der Waals surface area contributed by atoms with Gasteiger partial charge >= 0.3 is 0 Å². The normalized spacial score (nSPS) is 14.6. The maximum atomic E-state index is 10.7. The van der Waals surface area contributed by atoms with E-state index in [1.54, 1.807) is 12.1 Å². The molecule has 19 heavy (non-hydrogen) atoms. The van der Waals surface area contributed by atoms with E-state index in [9.17, 15) is 10.1 Å². The molecule has 0 aliphatic heterocycles. The van der Waals surface area contributed by atoms with Crippen LogP contribution in [0.25, 0.3) is 17.7 Å². The second kappa shape index (κ2) is 4.53. The number of hydrogen-bond donors (Lipinski definition) is 0. The number of nitro groups is 1. The Morgan fingerprint density at radius 3 is 2.53 bits per heavy atom. The Morgan fingerprint density at radius 2 is 1.79 bits per heavy atom. The summed E-state index contributed by atoms with van der Waals surface area (Å²) in [5.74, 6) is 0. The third kappa shape index (κ3) is 2.18. The monoisotopic (exact) mass is 249 g/mol. The highest BCUT2D eigenvalue weighted by Gasteiger charge is 2.14. The minimum absolute atomic E-state index is 0.129. The summed E-state index contributed by atoms with van der Waals surface area (Å²) in [4.78, 5) is 10.4. The molecule has 1 aliphatic carbocycles. The zero-order valence-corrected chi connectivity index (χ0v) is 10.1. The van der Waals surface area contributed by atoms with E-state index in [0.717, 1.165) is 22.3 Å². The lowest BCUT2D eigenvalue weighted by molar-refractivity contribution is -0.384. The number of non-ortho nitro benzene ring substituents is 1. The molecule has 3 nitrogen and oxygen atoms in total. The Hall–Kier alpha value is -2.68. The number of nitrogens with zero attached hydrogens (tertiary/aromatic N) is 1. The third-order valence-corrected chi connectivity index (χ3v) is 3.12. The molecular weight excluding hydrogens is 238 g/mol. The van der Waals surface area contributed by atoms with Crippen LogP contribution in [0.4, 0.5) is 5.69 Å². The summed E-state index contributed by atoms with van der Waals surface area (Å²) in [5, 5.41) is 10.7. The molecule has 3 rings (SSSR count). The standard InChI is InChI=1S/C16H11NO2/c18-17(19)15-8-9-16-13(6-7-14(16)11-15)10-12-4-2-1-3-5-12/h1-11H/b13-10+. The van der Waals surface area contributed by atoms with Crippen molar-refractivity contribution in [1.82, 2.24) is 0 Å². The molecule has 0 spiro atoms. The summed E-state index contributed by atoms with van der Waals surface area (Å²) in [6.45, 7) is 0. The Morgan fingerprint density at radius 1 is 1.00 bits per heavy atom. The molecule has 0 atom stereocenters. The number of benzene rings is 2. The lowest BCUT2D eigenvalue weighted by Gasteiger charge is -2.01. The van der Waals surface area contributed by atoms with E-state index in [2.05, 4.69) is 6.08 Å². The zero-order valence-electron chi connectivity index (χ0n) is 10.1. The molecule has 2 aromatic carbocycles. The van der Waals surface area contributed by atoms with Crippen LogP contribution in [0.2, 0.25) is 0 Å². The molecule has 0 heterocycles. The largest absolute Gasteiger partial charge is 0.270 e. The van der Waals surface area contributed by atoms with Crippen molar-refractivity contribution in [1.29, 1.82) is 0 Å². The zero-order chi connectivity index (χ0) is 13.2. The van der Waals surface area contributed by atoms with Gasteiger partial charge in [0.15, 0.2) is 0 Å². The SMILES string of the molecule is O=[N+]([O-])c1ccc2c(c1)C=C/C2=C\c1ccccc1. The molecule has 0 fully saturated rings. The highest BCUT2D eigenvalue weighted by Crippen LogP contribution is 2.33. The Kier molecular flexibility index (Phi) is 2.72. The van der Waals surface area contributed by atoms with Gasteiger partial charge in [0.1, 0.15) is 0 Å². The summed E-state index contributed by atoms with van der Waals surface area (Å²) in [6.07, 6.45) is 5.98. The number of allylic oxidation sites excluding steroid dienone is 2. The quantitative estimate of drug-likeness (QED) is 0.592. The van der Waals surface area contributed by atoms with Crippen LogP contribution in [-0.2, 0) is 0 Å². The molecule has 0 amide bonds. The molecule has 92 valence electrons. The van der Waals surface area contributed by atoms with Gasteiger partial charge < -0.3 is 0 Å². The van der Waals surface area contributed by atoms with Crippen molar-refractivity contribution < 1.29 is 4.92 Å². The molecule has 1 aliphatic rings. The topological polar surface area (TPSA) is 43.1 Å². The summed E-state index contributed by atoms with van der Waals surface area (Å²) in [6, 6.07) is 15.0. The van der Waals surface area contributed by atoms with Gasteiger partial charge in [0.2, 0.25) is 0 Å². The molecule has 0 bridgehead atoms. The van der Waals surface area contributed by atoms with Crippen molar-refractivity contribution in [2.75, 3.05) is 0 Å². The second-order valence-corrected chi connectivity index (χ2v) is 4.37. The molecular formula is C16H11NO2. The van der Waals surface area contributed by atoms with Crippen LogP contribution in [0.5, 0.6) is 0 Å². The smallest absolute Gasteiger partial charge is 0.258 e. The first-order valence-corrected chi connectivity index (χ1v) is 5.98. The van der Waals surface area contributed by atoms with Gasteiger partial charge in [-0.25, -0.2) is 0 Å². The Balaban J connectivity index is 2.02. The highest BCUT2D eigenvalue weighted by atomic mass is 16.6. The molecule has 3 heteroatoms. The fourth-order valence-electron chi connectivity index (χ4n) is 2.19. The van der Waals surface area contributed by atoms with Gasteiger partial charge in [-0.15, -0.1) is 0 Å². The van der Waals surface area contributed by atoms with Gasteiger partial charge in [-0.2, -0.15) is 0 Å². The molecule has 0 aromatic heterocycles. The number of fused-ring (bicyclic) bond motifs is 1. The first-order valence-electron chi connectivity index (χ1n) is 5.98. The molecule has 0 unspecified atom stereocenters. The van der Waals surface area contributed by atoms with Crippen LogP contribution in [-0.4, -0.2) is 4.92 Å². The van der Waals surface area contributed by atoms with Crippen molar-refractivity contribution in [3.63, 3.8) is 0 Å². The van der Waals surface area contributed by atoms with E-state index in [1.807, 2.05) is 48.6 Å². The number of rotatable bonds is 2. The first kappa shape index (κ1) is 11.4. The third-order valence-electron chi connectivity index (χ3n) is 3.12. The minimum Gasteiger partial charge on any atom is -0.258 e. The number of nitro benzene ring substituents is 1. The lowest BCUT2D eigenvalue weighted by Crippen LogP contribution is -1.89. The van der Waals surface area contributed by atoms with E-state index >= 15 is 0 Å². The highest BCUT2D eigenvalue weighted by molar-refractivity contribution is 5.97. The van der Waals surface area contributed by atoms with Crippen LogP contribution in [0.15, 0.2) is 54.6 Å². The van der Waals surface area contributed by atoms with Crippen LogP contribution in [0.3, 0.4) is 0 Å². The average Bonchev–Trinajstić information content (AvgIpc) is 2.82. The lowest BCUT2D eigenvalue weighted by atomic mass is 10.0. The fraction of sp³-hybridized carbons (Fsp3) is 0. The summed E-state index contributed by atoms with van der Waals surface area (Å²) in [7, 11) is 0. The van der Waals surface area contributed by atoms with Gasteiger partial charge in [0.05, 0.1) is 4.92 Å². The van der Waals surface area contributed by atoms with E-state index in [-0.39, 0.29) is 10.6 Å². The second-order valence-electron chi connectivity index (χ2n) is 4.37. The number of hydrogen-bond acceptors (Lipinski definition) is 2. The van der Waals surface area contributed by atoms with Gasteiger partial charge in [0, 0.05) is 12.1 Å². The van der Waals surface area contributed by atoms with E-state index < -0.39 is 0 Å². The van der Waals surface area contributed by atoms with Crippen LogP contribution >= 0.6 is 0 Å². The molecule has 0 radical (unpaired) electrons. The molecule has 0 saturated heterocycles. The molecule has 0 N–H and O–H groups in total. The van der Waals surface area contributed by atoms with Crippen molar-refractivity contribution in [2.45, 2.75) is 0 Å². The predicted molar refractivity (Wildman–Crippen MR) is 76.4 cm³/mol. The van der Waals surface area contributed by atoms with Gasteiger partial charge in [0.25, 0.3) is 5.69 Å². The maximum Gasteiger partial charge on any atom is 0.270 e. The first-order chi connectivity index (χ1) is 9.24. The minimum atomic E-state index is -0.368. The van der Waals surface area contributed by atoms with Crippen LogP contribution in [0, 0.1) is 10.1 Å². The average molecular weight is 249 g/mol. The maximum absolute atomic E-state index is 10.7. The molecule has 0 saturated carbocycles. The van der Waals surface area contributed by atoms with Gasteiger partial charge in [-0.1, -0.05) is 42.5 Å². The van der Waals surface area contributed by atoms with Crippen LogP contribution < -0.4 is 0 Å². The summed E-state index contributed by atoms with van der Waals surface area (Å²) in [5.41, 5.74) is 4.26. The summed E-state index contributed by atoms with van der Waals surface area (Å²) >= 11 is 0. The predicted octanol–water partition coefficient (Wildman–Crippen LogP) is 4.16. The van der Waals surface area contributed by atoms with Crippen molar-refractivity contribution >= 4 is 23.4 Å². The summed E-state index contributed by atoms with van der Waals surface area (Å²) < 4.78 is 0.